The smallest absolute Gasteiger partial charge is 0.407 e. The molecule has 4 aromatic rings. The summed E-state index contributed by atoms with van der Waals surface area (Å²) < 4.78 is 27.7. The van der Waals surface area contributed by atoms with Crippen molar-refractivity contribution in [3.8, 4) is 11.1 Å². The van der Waals surface area contributed by atoms with Gasteiger partial charge >= 0.3 is 20.7 Å². The molecule has 210 valence electrons. The number of ether oxygens (including phenoxy) is 2. The third-order valence-corrected chi connectivity index (χ3v) is 6.91. The minimum atomic E-state index is -0.627. The van der Waals surface area contributed by atoms with Crippen LogP contribution >= 0.6 is 8.69 Å². The molecular formula is C33H32NO6P. The summed E-state index contributed by atoms with van der Waals surface area (Å²) in [4.78, 5) is 25.7. The van der Waals surface area contributed by atoms with Crippen molar-refractivity contribution in [3.63, 3.8) is 0 Å². The Bertz CT molecular complexity index is 1380. The van der Waals surface area contributed by atoms with Crippen molar-refractivity contribution in [2.24, 2.45) is 0 Å². The Labute approximate surface area is 241 Å². The van der Waals surface area contributed by atoms with Gasteiger partial charge in [-0.05, 0) is 34.2 Å². The van der Waals surface area contributed by atoms with E-state index in [-0.39, 0.29) is 32.7 Å². The van der Waals surface area contributed by atoms with Crippen LogP contribution < -0.4 is 5.32 Å². The Morgan fingerprint density at radius 3 is 1.90 bits per heavy atom. The molecule has 0 bridgehead atoms. The second kappa shape index (κ2) is 16.1. The first-order valence-corrected chi connectivity index (χ1v) is 14.1. The SMILES string of the molecule is O=POCC(c1ccccc1-c1ccccc1)C(CCC(=O)OCc1ccccc1)NC(=O)OCc1ccccc1. The summed E-state index contributed by atoms with van der Waals surface area (Å²) in [7, 11) is -0.480. The molecule has 0 saturated carbocycles. The molecule has 7 nitrogen and oxygen atoms in total. The first kappa shape index (κ1) is 29.7. The van der Waals surface area contributed by atoms with Crippen LogP contribution in [-0.2, 0) is 36.6 Å². The average molecular weight is 570 g/mol. The van der Waals surface area contributed by atoms with Gasteiger partial charge in [0.2, 0.25) is 0 Å². The van der Waals surface area contributed by atoms with Crippen LogP contribution in [-0.4, -0.2) is 24.7 Å². The van der Waals surface area contributed by atoms with Crippen LogP contribution in [0.1, 0.15) is 35.4 Å². The van der Waals surface area contributed by atoms with Crippen LogP contribution in [0.15, 0.2) is 115 Å². The zero-order valence-electron chi connectivity index (χ0n) is 22.6. The molecule has 8 heteroatoms. The van der Waals surface area contributed by atoms with Gasteiger partial charge in [-0.25, -0.2) is 9.36 Å². The number of hydrogen-bond acceptors (Lipinski definition) is 6. The Balaban J connectivity index is 1.55. The van der Waals surface area contributed by atoms with Gasteiger partial charge in [-0.1, -0.05) is 115 Å². The average Bonchev–Trinajstić information content (AvgIpc) is 3.03. The highest BCUT2D eigenvalue weighted by Crippen LogP contribution is 2.33. The molecular weight excluding hydrogens is 537 g/mol. The standard InChI is InChI=1S/C33H32NO6P/c35-32(38-22-25-12-4-1-5-13-25)21-20-31(34-33(36)39-23-26-14-6-2-7-15-26)30(24-40-41-37)29-19-11-10-18-28(29)27-16-8-3-9-17-27/h1-19,30-31H,20-24H2,(H,34,36). The highest BCUT2D eigenvalue weighted by atomic mass is 31.1. The van der Waals surface area contributed by atoms with Crippen LogP contribution in [0.5, 0.6) is 0 Å². The molecule has 2 atom stereocenters. The Morgan fingerprint density at radius 1 is 0.707 bits per heavy atom. The fourth-order valence-corrected chi connectivity index (χ4v) is 4.83. The predicted molar refractivity (Wildman–Crippen MR) is 157 cm³/mol. The molecule has 0 fully saturated rings. The third kappa shape index (κ3) is 9.38. The Hall–Kier alpha value is -4.32. The van der Waals surface area contributed by atoms with Crippen molar-refractivity contribution in [2.75, 3.05) is 6.61 Å². The van der Waals surface area contributed by atoms with Gasteiger partial charge in [0.15, 0.2) is 0 Å². The number of esters is 1. The molecule has 0 heterocycles. The van der Waals surface area contributed by atoms with Crippen molar-refractivity contribution < 1.29 is 28.2 Å². The maximum atomic E-state index is 13.0. The molecule has 1 N–H and O–H groups in total. The summed E-state index contributed by atoms with van der Waals surface area (Å²) in [6, 6.07) is 35.9. The van der Waals surface area contributed by atoms with Crippen molar-refractivity contribution in [1.29, 1.82) is 0 Å². The summed E-state index contributed by atoms with van der Waals surface area (Å²) in [6.07, 6.45) is -0.324. The lowest BCUT2D eigenvalue weighted by molar-refractivity contribution is -0.145. The second-order valence-corrected chi connectivity index (χ2v) is 9.83. The van der Waals surface area contributed by atoms with Crippen molar-refractivity contribution >= 4 is 20.7 Å². The molecule has 0 aliphatic carbocycles. The van der Waals surface area contributed by atoms with Gasteiger partial charge in [-0.15, -0.1) is 0 Å². The van der Waals surface area contributed by atoms with Gasteiger partial charge in [0.1, 0.15) is 13.2 Å². The van der Waals surface area contributed by atoms with Gasteiger partial charge in [-0.3, -0.25) is 9.32 Å². The predicted octanol–water partition coefficient (Wildman–Crippen LogP) is 7.48. The largest absolute Gasteiger partial charge is 0.461 e. The first-order chi connectivity index (χ1) is 20.1. The highest BCUT2D eigenvalue weighted by Gasteiger charge is 2.29. The molecule has 0 aliphatic heterocycles. The maximum Gasteiger partial charge on any atom is 0.407 e. The van der Waals surface area contributed by atoms with Crippen molar-refractivity contribution in [2.45, 2.75) is 38.0 Å². The molecule has 0 aromatic heterocycles. The summed E-state index contributed by atoms with van der Waals surface area (Å²) in [5.74, 6) is -0.838. The normalized spacial score (nSPS) is 12.3. The van der Waals surface area contributed by atoms with E-state index in [1.807, 2.05) is 115 Å². The molecule has 41 heavy (non-hydrogen) atoms. The minimum Gasteiger partial charge on any atom is -0.461 e. The van der Waals surface area contributed by atoms with Crippen LogP contribution in [0.25, 0.3) is 11.1 Å². The number of alkyl carbamates (subject to hydrolysis) is 1. The summed E-state index contributed by atoms with van der Waals surface area (Å²) in [5, 5.41) is 2.95. The first-order valence-electron chi connectivity index (χ1n) is 13.4. The van der Waals surface area contributed by atoms with E-state index in [0.29, 0.717) is 0 Å². The van der Waals surface area contributed by atoms with E-state index in [4.69, 9.17) is 14.0 Å². The molecule has 2 unspecified atom stereocenters. The van der Waals surface area contributed by atoms with Crippen LogP contribution in [0.4, 0.5) is 4.79 Å². The molecule has 0 aliphatic rings. The number of amides is 1. The van der Waals surface area contributed by atoms with Gasteiger partial charge in [0, 0.05) is 18.4 Å². The quantitative estimate of drug-likeness (QED) is 0.125. The zero-order valence-corrected chi connectivity index (χ0v) is 23.5. The molecule has 4 aromatic carbocycles. The fourth-order valence-electron chi connectivity index (χ4n) is 4.61. The number of carbonyl (C=O) groups excluding carboxylic acids is 2. The van der Waals surface area contributed by atoms with E-state index in [2.05, 4.69) is 5.32 Å². The van der Waals surface area contributed by atoms with Gasteiger partial charge in [0.05, 0.1) is 6.61 Å². The van der Waals surface area contributed by atoms with Gasteiger partial charge in [0.25, 0.3) is 0 Å². The second-order valence-electron chi connectivity index (χ2n) is 9.43. The lowest BCUT2D eigenvalue weighted by Gasteiger charge is -2.29. The molecule has 0 radical (unpaired) electrons. The van der Waals surface area contributed by atoms with E-state index in [1.165, 1.54) is 0 Å². The monoisotopic (exact) mass is 569 g/mol. The van der Waals surface area contributed by atoms with Crippen LogP contribution in [0, 0.1) is 0 Å². The Kier molecular flexibility index (Phi) is 11.6. The zero-order chi connectivity index (χ0) is 28.7. The van der Waals surface area contributed by atoms with Crippen molar-refractivity contribution in [3.05, 3.63) is 132 Å². The number of benzene rings is 4. The summed E-state index contributed by atoms with van der Waals surface area (Å²) in [5.41, 5.74) is 4.55. The number of hydrogen-bond donors (Lipinski definition) is 1. The lowest BCUT2D eigenvalue weighted by atomic mass is 9.84. The van der Waals surface area contributed by atoms with Gasteiger partial charge in [-0.2, -0.15) is 0 Å². The van der Waals surface area contributed by atoms with E-state index >= 15 is 0 Å². The maximum absolute atomic E-state index is 13.0. The van der Waals surface area contributed by atoms with Gasteiger partial charge < -0.3 is 14.8 Å². The molecule has 0 spiro atoms. The van der Waals surface area contributed by atoms with E-state index < -0.39 is 32.7 Å². The summed E-state index contributed by atoms with van der Waals surface area (Å²) in [6.45, 7) is 0.298. The van der Waals surface area contributed by atoms with Crippen LogP contribution in [0.3, 0.4) is 0 Å². The Morgan fingerprint density at radius 2 is 1.27 bits per heavy atom. The number of nitrogens with one attached hydrogen (secondary N) is 1. The number of carbonyl (C=O) groups is 2. The molecule has 1 amide bonds. The highest BCUT2D eigenvalue weighted by molar-refractivity contribution is 7.17. The molecule has 0 saturated heterocycles. The molecule has 4 rings (SSSR count). The van der Waals surface area contributed by atoms with E-state index in [9.17, 15) is 14.2 Å². The minimum absolute atomic E-state index is 0.0393. The van der Waals surface area contributed by atoms with Crippen LogP contribution in [0.2, 0.25) is 0 Å². The fraction of sp³-hybridized carbons (Fsp3) is 0.212. The number of rotatable bonds is 14. The topological polar surface area (TPSA) is 90.9 Å². The third-order valence-electron chi connectivity index (χ3n) is 6.66. The lowest BCUT2D eigenvalue weighted by Crippen LogP contribution is -2.41. The van der Waals surface area contributed by atoms with Crippen molar-refractivity contribution in [1.82, 2.24) is 5.32 Å². The van der Waals surface area contributed by atoms with E-state index in [1.54, 1.807) is 0 Å². The van der Waals surface area contributed by atoms with E-state index in [0.717, 1.165) is 27.8 Å². The summed E-state index contributed by atoms with van der Waals surface area (Å²) >= 11 is 0.